The Morgan fingerprint density at radius 3 is 3.07 bits per heavy atom. The van der Waals surface area contributed by atoms with Crippen LogP contribution in [0.3, 0.4) is 0 Å². The van der Waals surface area contributed by atoms with Crippen LogP contribution >= 0.6 is 0 Å². The van der Waals surface area contributed by atoms with Crippen LogP contribution in [-0.4, -0.2) is 24.3 Å². The number of hydrogen-bond donors (Lipinski definition) is 1. The van der Waals surface area contributed by atoms with Crippen molar-refractivity contribution in [2.75, 3.05) is 19.8 Å². The summed E-state index contributed by atoms with van der Waals surface area (Å²) in [7, 11) is 2.05. The summed E-state index contributed by atoms with van der Waals surface area (Å²) >= 11 is 0. The molecule has 0 aromatic carbocycles. The third-order valence-corrected chi connectivity index (χ3v) is 2.25. The first kappa shape index (κ1) is 12.0. The summed E-state index contributed by atoms with van der Waals surface area (Å²) in [6, 6.07) is 4.17. The summed E-state index contributed by atoms with van der Waals surface area (Å²) < 4.78 is 7.50. The maximum Gasteiger partial charge on any atom is 0.0591 e. The molecule has 1 rings (SSSR count). The lowest BCUT2D eigenvalue weighted by molar-refractivity contribution is 0.140. The number of rotatable bonds is 8. The van der Waals surface area contributed by atoms with E-state index < -0.39 is 0 Å². The number of nitrogens with one attached hydrogen (secondary N) is 1. The van der Waals surface area contributed by atoms with Gasteiger partial charge in [0.05, 0.1) is 13.2 Å². The molecule has 1 heterocycles. The topological polar surface area (TPSA) is 26.2 Å². The SMILES string of the molecule is C=CCCOCCNCc1cccn1C. The molecule has 0 atom stereocenters. The molecule has 0 unspecified atom stereocenters. The Bertz CT molecular complexity index is 281. The minimum absolute atomic E-state index is 0.762. The molecule has 0 aliphatic heterocycles. The molecule has 0 aliphatic carbocycles. The molecule has 1 aromatic rings. The van der Waals surface area contributed by atoms with E-state index >= 15 is 0 Å². The van der Waals surface area contributed by atoms with Gasteiger partial charge in [-0.15, -0.1) is 6.58 Å². The second kappa shape index (κ2) is 7.26. The van der Waals surface area contributed by atoms with Gasteiger partial charge in [-0.2, -0.15) is 0 Å². The summed E-state index contributed by atoms with van der Waals surface area (Å²) in [5.74, 6) is 0. The van der Waals surface area contributed by atoms with Gasteiger partial charge in [0.2, 0.25) is 0 Å². The van der Waals surface area contributed by atoms with E-state index in [0.717, 1.165) is 32.7 Å². The molecule has 0 bridgehead atoms. The Labute approximate surface area is 91.7 Å². The van der Waals surface area contributed by atoms with Crippen LogP contribution < -0.4 is 5.32 Å². The van der Waals surface area contributed by atoms with E-state index in [9.17, 15) is 0 Å². The Kier molecular flexibility index (Phi) is 5.81. The van der Waals surface area contributed by atoms with Gasteiger partial charge in [-0.25, -0.2) is 0 Å². The smallest absolute Gasteiger partial charge is 0.0591 e. The molecular weight excluding hydrogens is 188 g/mol. The normalized spacial score (nSPS) is 10.5. The fourth-order valence-electron chi connectivity index (χ4n) is 1.31. The molecule has 0 saturated carbocycles. The summed E-state index contributed by atoms with van der Waals surface area (Å²) in [6.45, 7) is 6.96. The van der Waals surface area contributed by atoms with Crippen LogP contribution in [0.5, 0.6) is 0 Å². The largest absolute Gasteiger partial charge is 0.380 e. The van der Waals surface area contributed by atoms with Crippen LogP contribution in [0.2, 0.25) is 0 Å². The van der Waals surface area contributed by atoms with Crippen molar-refractivity contribution >= 4 is 0 Å². The van der Waals surface area contributed by atoms with Crippen molar-refractivity contribution in [3.63, 3.8) is 0 Å². The molecule has 0 fully saturated rings. The van der Waals surface area contributed by atoms with Gasteiger partial charge >= 0.3 is 0 Å². The third kappa shape index (κ3) is 4.81. The molecule has 3 nitrogen and oxygen atoms in total. The fourth-order valence-corrected chi connectivity index (χ4v) is 1.31. The second-order valence-electron chi connectivity index (χ2n) is 3.48. The van der Waals surface area contributed by atoms with E-state index in [4.69, 9.17) is 4.74 Å². The average molecular weight is 208 g/mol. The first-order chi connectivity index (χ1) is 7.34. The Hall–Kier alpha value is -1.06. The lowest BCUT2D eigenvalue weighted by Gasteiger charge is -2.06. The lowest BCUT2D eigenvalue weighted by atomic mass is 10.4. The van der Waals surface area contributed by atoms with Crippen molar-refractivity contribution in [2.24, 2.45) is 7.05 Å². The van der Waals surface area contributed by atoms with E-state index in [-0.39, 0.29) is 0 Å². The number of nitrogens with zero attached hydrogens (tertiary/aromatic N) is 1. The highest BCUT2D eigenvalue weighted by molar-refractivity contribution is 5.05. The zero-order valence-electron chi connectivity index (χ0n) is 9.41. The molecule has 0 saturated heterocycles. The summed E-state index contributed by atoms with van der Waals surface area (Å²) in [5.41, 5.74) is 1.29. The quantitative estimate of drug-likeness (QED) is 0.520. The van der Waals surface area contributed by atoms with Crippen LogP contribution in [0.4, 0.5) is 0 Å². The highest BCUT2D eigenvalue weighted by atomic mass is 16.5. The van der Waals surface area contributed by atoms with E-state index in [1.54, 1.807) is 0 Å². The van der Waals surface area contributed by atoms with Crippen molar-refractivity contribution in [3.8, 4) is 0 Å². The second-order valence-corrected chi connectivity index (χ2v) is 3.48. The minimum Gasteiger partial charge on any atom is -0.380 e. The number of aromatic nitrogens is 1. The van der Waals surface area contributed by atoms with Gasteiger partial charge in [0.1, 0.15) is 0 Å². The van der Waals surface area contributed by atoms with E-state index in [0.29, 0.717) is 0 Å². The summed E-state index contributed by atoms with van der Waals surface area (Å²) in [5, 5.41) is 3.33. The highest BCUT2D eigenvalue weighted by Gasteiger charge is 1.95. The minimum atomic E-state index is 0.762. The predicted molar refractivity (Wildman–Crippen MR) is 62.8 cm³/mol. The van der Waals surface area contributed by atoms with Crippen LogP contribution in [0.15, 0.2) is 31.0 Å². The number of aryl methyl sites for hydroxylation is 1. The molecule has 0 spiro atoms. The molecule has 0 aliphatic rings. The third-order valence-electron chi connectivity index (χ3n) is 2.25. The number of hydrogen-bond acceptors (Lipinski definition) is 2. The zero-order chi connectivity index (χ0) is 10.9. The Morgan fingerprint density at radius 1 is 1.53 bits per heavy atom. The van der Waals surface area contributed by atoms with Crippen molar-refractivity contribution in [1.29, 1.82) is 0 Å². The van der Waals surface area contributed by atoms with Gasteiger partial charge in [0.25, 0.3) is 0 Å². The molecule has 1 N–H and O–H groups in total. The van der Waals surface area contributed by atoms with E-state index in [1.807, 2.05) is 6.08 Å². The Morgan fingerprint density at radius 2 is 2.40 bits per heavy atom. The molecule has 3 heteroatoms. The van der Waals surface area contributed by atoms with Gasteiger partial charge in [-0.05, 0) is 18.6 Å². The standard InChI is InChI=1S/C12H20N2O/c1-3-4-9-15-10-7-13-11-12-6-5-8-14(12)2/h3,5-6,8,13H,1,4,7,9-11H2,2H3. The van der Waals surface area contributed by atoms with Gasteiger partial charge in [-0.1, -0.05) is 6.08 Å². The van der Waals surface area contributed by atoms with Crippen molar-refractivity contribution in [1.82, 2.24) is 9.88 Å². The van der Waals surface area contributed by atoms with Crippen LogP contribution in [-0.2, 0) is 18.3 Å². The van der Waals surface area contributed by atoms with E-state index in [1.165, 1.54) is 5.69 Å². The predicted octanol–water partition coefficient (Wildman–Crippen LogP) is 1.71. The van der Waals surface area contributed by atoms with Crippen molar-refractivity contribution in [3.05, 3.63) is 36.7 Å². The van der Waals surface area contributed by atoms with Crippen LogP contribution in [0, 0.1) is 0 Å². The highest BCUT2D eigenvalue weighted by Crippen LogP contribution is 1.97. The molecule has 0 radical (unpaired) electrons. The molecular formula is C12H20N2O. The van der Waals surface area contributed by atoms with Gasteiger partial charge in [0.15, 0.2) is 0 Å². The number of ether oxygens (including phenoxy) is 1. The van der Waals surface area contributed by atoms with Crippen LogP contribution in [0.1, 0.15) is 12.1 Å². The first-order valence-corrected chi connectivity index (χ1v) is 5.34. The van der Waals surface area contributed by atoms with Crippen molar-refractivity contribution < 1.29 is 4.74 Å². The monoisotopic (exact) mass is 208 g/mol. The summed E-state index contributed by atoms with van der Waals surface area (Å²) in [4.78, 5) is 0. The molecule has 0 amide bonds. The first-order valence-electron chi connectivity index (χ1n) is 5.34. The van der Waals surface area contributed by atoms with Gasteiger partial charge in [-0.3, -0.25) is 0 Å². The summed E-state index contributed by atoms with van der Waals surface area (Å²) in [6.07, 6.45) is 4.85. The molecule has 1 aromatic heterocycles. The Balaban J connectivity index is 1.98. The van der Waals surface area contributed by atoms with Gasteiger partial charge < -0.3 is 14.6 Å². The van der Waals surface area contributed by atoms with Gasteiger partial charge in [0, 0.05) is 32.0 Å². The molecule has 15 heavy (non-hydrogen) atoms. The van der Waals surface area contributed by atoms with Crippen LogP contribution in [0.25, 0.3) is 0 Å². The average Bonchev–Trinajstić information content (AvgIpc) is 2.63. The maximum atomic E-state index is 5.38. The maximum absolute atomic E-state index is 5.38. The molecule has 84 valence electrons. The zero-order valence-corrected chi connectivity index (χ0v) is 9.41. The lowest BCUT2D eigenvalue weighted by Crippen LogP contribution is -2.20. The van der Waals surface area contributed by atoms with Crippen molar-refractivity contribution in [2.45, 2.75) is 13.0 Å². The van der Waals surface area contributed by atoms with E-state index in [2.05, 4.69) is 41.8 Å². The fraction of sp³-hybridized carbons (Fsp3) is 0.500.